The van der Waals surface area contributed by atoms with Crippen molar-refractivity contribution < 1.29 is 23.2 Å². The smallest absolute Gasteiger partial charge is 0.276 e. The van der Waals surface area contributed by atoms with E-state index in [1.165, 1.54) is 12.1 Å². The molecule has 0 radical (unpaired) electrons. The maximum Gasteiger partial charge on any atom is 0.276 e. The first kappa shape index (κ1) is 18.9. The molecule has 2 aliphatic heterocycles. The van der Waals surface area contributed by atoms with Crippen molar-refractivity contribution in [2.24, 2.45) is 0 Å². The largest absolute Gasteiger partial charge is 0.454 e. The minimum atomic E-state index is -0.299. The molecule has 2 aliphatic rings. The van der Waals surface area contributed by atoms with Gasteiger partial charge in [-0.2, -0.15) is 0 Å². The van der Waals surface area contributed by atoms with Gasteiger partial charge in [-0.15, -0.1) is 0 Å². The molecule has 1 fully saturated rings. The summed E-state index contributed by atoms with van der Waals surface area (Å²) in [4.78, 5) is 14.6. The van der Waals surface area contributed by atoms with E-state index in [1.54, 1.807) is 29.2 Å². The minimum Gasteiger partial charge on any atom is -0.454 e. The number of likely N-dealkylation sites (tertiary alicyclic amines) is 1. The highest BCUT2D eigenvalue weighted by molar-refractivity contribution is 6.31. The Labute approximate surface area is 177 Å². The van der Waals surface area contributed by atoms with E-state index in [2.05, 4.69) is 5.16 Å². The molecule has 6 nitrogen and oxygen atoms in total. The maximum absolute atomic E-state index is 13.6. The summed E-state index contributed by atoms with van der Waals surface area (Å²) in [6, 6.07) is 11.5. The van der Waals surface area contributed by atoms with Crippen molar-refractivity contribution in [3.63, 3.8) is 0 Å². The van der Waals surface area contributed by atoms with E-state index in [9.17, 15) is 9.18 Å². The molecule has 0 aliphatic carbocycles. The number of carbonyl (C=O) groups is 1. The molecule has 0 atom stereocenters. The molecular weight excluding hydrogens is 411 g/mol. The van der Waals surface area contributed by atoms with Gasteiger partial charge in [0.05, 0.1) is 0 Å². The number of fused-ring (bicyclic) bond motifs is 1. The highest BCUT2D eigenvalue weighted by atomic mass is 35.5. The molecule has 3 aromatic rings. The van der Waals surface area contributed by atoms with Gasteiger partial charge in [0.2, 0.25) is 6.79 Å². The van der Waals surface area contributed by atoms with E-state index < -0.39 is 0 Å². The van der Waals surface area contributed by atoms with E-state index >= 15 is 0 Å². The maximum atomic E-state index is 13.6. The predicted molar refractivity (Wildman–Crippen MR) is 107 cm³/mol. The van der Waals surface area contributed by atoms with Gasteiger partial charge in [0.15, 0.2) is 23.0 Å². The lowest BCUT2D eigenvalue weighted by molar-refractivity contribution is 0.0702. The molecule has 30 heavy (non-hydrogen) atoms. The van der Waals surface area contributed by atoms with Crippen LogP contribution in [0.25, 0.3) is 11.3 Å². The van der Waals surface area contributed by atoms with E-state index in [4.69, 9.17) is 25.6 Å². The summed E-state index contributed by atoms with van der Waals surface area (Å²) >= 11 is 6.23. The second-order valence-corrected chi connectivity index (χ2v) is 7.78. The Morgan fingerprint density at radius 1 is 1.07 bits per heavy atom. The van der Waals surface area contributed by atoms with E-state index in [0.717, 1.165) is 11.1 Å². The van der Waals surface area contributed by atoms with Crippen LogP contribution in [0, 0.1) is 5.82 Å². The van der Waals surface area contributed by atoms with Crippen LogP contribution in [0.3, 0.4) is 0 Å². The third kappa shape index (κ3) is 3.50. The number of carbonyl (C=O) groups excluding carboxylic acids is 1. The number of ether oxygens (including phenoxy) is 2. The van der Waals surface area contributed by atoms with Gasteiger partial charge in [-0.1, -0.05) is 16.8 Å². The zero-order valence-corrected chi connectivity index (χ0v) is 16.7. The van der Waals surface area contributed by atoms with Crippen LogP contribution in [-0.2, 0) is 0 Å². The number of amides is 1. The SMILES string of the molecule is O=C(c1cc(-c2ccc3c(c2)OCO3)on1)N1CCC(c2cc(F)ccc2Cl)CC1. The summed E-state index contributed by atoms with van der Waals surface area (Å²) < 4.78 is 29.7. The number of benzene rings is 2. The van der Waals surface area contributed by atoms with Gasteiger partial charge in [0, 0.05) is 29.7 Å². The lowest BCUT2D eigenvalue weighted by atomic mass is 9.89. The first-order valence-corrected chi connectivity index (χ1v) is 10.1. The molecule has 5 rings (SSSR count). The molecule has 1 aromatic heterocycles. The molecule has 0 unspecified atom stereocenters. The Bertz CT molecular complexity index is 1110. The molecule has 8 heteroatoms. The molecule has 3 heterocycles. The standard InChI is InChI=1S/C22H18ClFN2O4/c23-17-3-2-15(24)10-16(17)13-5-7-26(8-6-13)22(27)18-11-20(30-25-18)14-1-4-19-21(9-14)29-12-28-19/h1-4,9-11,13H,5-8,12H2. The van der Waals surface area contributed by atoms with Crippen LogP contribution in [0.5, 0.6) is 11.5 Å². The monoisotopic (exact) mass is 428 g/mol. The Morgan fingerprint density at radius 3 is 2.70 bits per heavy atom. The molecule has 154 valence electrons. The van der Waals surface area contributed by atoms with Crippen molar-refractivity contribution in [1.29, 1.82) is 0 Å². The van der Waals surface area contributed by atoms with Crippen LogP contribution in [-0.4, -0.2) is 35.8 Å². The molecule has 0 spiro atoms. The molecule has 1 saturated heterocycles. The quantitative estimate of drug-likeness (QED) is 0.594. The van der Waals surface area contributed by atoms with E-state index in [1.807, 2.05) is 6.07 Å². The van der Waals surface area contributed by atoms with Gasteiger partial charge in [-0.25, -0.2) is 4.39 Å². The van der Waals surface area contributed by atoms with Gasteiger partial charge >= 0.3 is 0 Å². The number of nitrogens with zero attached hydrogens (tertiary/aromatic N) is 2. The molecule has 0 saturated carbocycles. The van der Waals surface area contributed by atoms with Crippen molar-refractivity contribution in [3.8, 4) is 22.8 Å². The Morgan fingerprint density at radius 2 is 1.87 bits per heavy atom. The number of rotatable bonds is 3. The first-order valence-electron chi connectivity index (χ1n) is 9.69. The van der Waals surface area contributed by atoms with Crippen molar-refractivity contribution in [2.45, 2.75) is 18.8 Å². The van der Waals surface area contributed by atoms with Crippen LogP contribution in [0.1, 0.15) is 34.8 Å². The average Bonchev–Trinajstić information content (AvgIpc) is 3.44. The Hall–Kier alpha value is -3.06. The average molecular weight is 429 g/mol. The fraction of sp³-hybridized carbons (Fsp3) is 0.273. The minimum absolute atomic E-state index is 0.124. The van der Waals surface area contributed by atoms with Crippen molar-refractivity contribution in [1.82, 2.24) is 10.1 Å². The van der Waals surface area contributed by atoms with Crippen LogP contribution in [0.4, 0.5) is 4.39 Å². The third-order valence-electron chi connectivity index (χ3n) is 5.57. The number of hydrogen-bond donors (Lipinski definition) is 0. The van der Waals surface area contributed by atoms with Crippen LogP contribution in [0.2, 0.25) is 5.02 Å². The molecule has 2 aromatic carbocycles. The van der Waals surface area contributed by atoms with Crippen molar-refractivity contribution in [3.05, 3.63) is 64.6 Å². The van der Waals surface area contributed by atoms with E-state index in [0.29, 0.717) is 48.2 Å². The second-order valence-electron chi connectivity index (χ2n) is 7.38. The van der Waals surface area contributed by atoms with Gasteiger partial charge < -0.3 is 18.9 Å². The number of halogens is 2. The Balaban J connectivity index is 1.27. The van der Waals surface area contributed by atoms with Gasteiger partial charge in [-0.05, 0) is 60.7 Å². The summed E-state index contributed by atoms with van der Waals surface area (Å²) in [5.41, 5.74) is 1.81. The summed E-state index contributed by atoms with van der Waals surface area (Å²) in [6.45, 7) is 1.28. The zero-order chi connectivity index (χ0) is 20.7. The summed E-state index contributed by atoms with van der Waals surface area (Å²) in [7, 11) is 0. The highest BCUT2D eigenvalue weighted by Gasteiger charge is 2.28. The third-order valence-corrected chi connectivity index (χ3v) is 5.91. The van der Waals surface area contributed by atoms with Crippen molar-refractivity contribution >= 4 is 17.5 Å². The summed E-state index contributed by atoms with van der Waals surface area (Å²) in [5, 5.41) is 4.52. The van der Waals surface area contributed by atoms with Crippen LogP contribution >= 0.6 is 11.6 Å². The second kappa shape index (κ2) is 7.65. The van der Waals surface area contributed by atoms with Gasteiger partial charge in [0.1, 0.15) is 5.82 Å². The Kier molecular flexibility index (Phi) is 4.83. The summed E-state index contributed by atoms with van der Waals surface area (Å²) in [5.74, 6) is 1.43. The number of piperidine rings is 1. The fourth-order valence-corrected chi connectivity index (χ4v) is 4.22. The molecule has 0 N–H and O–H groups in total. The predicted octanol–water partition coefficient (Wildman–Crippen LogP) is 4.88. The van der Waals surface area contributed by atoms with Crippen molar-refractivity contribution in [2.75, 3.05) is 19.9 Å². The zero-order valence-electron chi connectivity index (χ0n) is 15.9. The normalized spacial score (nSPS) is 16.1. The van der Waals surface area contributed by atoms with Gasteiger partial charge in [0.25, 0.3) is 5.91 Å². The topological polar surface area (TPSA) is 64.8 Å². The molecule has 1 amide bonds. The lowest BCUT2D eigenvalue weighted by Crippen LogP contribution is -2.38. The number of hydrogen-bond acceptors (Lipinski definition) is 5. The van der Waals surface area contributed by atoms with Crippen LogP contribution < -0.4 is 9.47 Å². The van der Waals surface area contributed by atoms with E-state index in [-0.39, 0.29) is 30.1 Å². The van der Waals surface area contributed by atoms with Gasteiger partial charge in [-0.3, -0.25) is 4.79 Å². The number of aromatic nitrogens is 1. The summed E-state index contributed by atoms with van der Waals surface area (Å²) in [6.07, 6.45) is 1.42. The fourth-order valence-electron chi connectivity index (χ4n) is 3.94. The van der Waals surface area contributed by atoms with Crippen LogP contribution in [0.15, 0.2) is 47.0 Å². The lowest BCUT2D eigenvalue weighted by Gasteiger charge is -2.32. The molecule has 0 bridgehead atoms. The first-order chi connectivity index (χ1) is 14.6. The molecular formula is C22H18ClFN2O4. The highest BCUT2D eigenvalue weighted by Crippen LogP contribution is 2.37.